The molecule has 0 aromatic heterocycles. The summed E-state index contributed by atoms with van der Waals surface area (Å²) < 4.78 is 0. The summed E-state index contributed by atoms with van der Waals surface area (Å²) >= 11 is 0. The number of nitrogens with zero attached hydrogens (tertiary/aromatic N) is 1. The summed E-state index contributed by atoms with van der Waals surface area (Å²) in [5, 5.41) is 7.40. The summed E-state index contributed by atoms with van der Waals surface area (Å²) in [7, 11) is 0. The topological polar surface area (TPSA) is 3.24 Å². The van der Waals surface area contributed by atoms with Crippen LogP contribution in [0.4, 0.5) is 17.1 Å². The van der Waals surface area contributed by atoms with Gasteiger partial charge in [-0.1, -0.05) is 218 Å². The minimum Gasteiger partial charge on any atom is -0.310 e. The van der Waals surface area contributed by atoms with Crippen molar-refractivity contribution in [2.45, 2.75) is 12.3 Å². The second-order valence-electron chi connectivity index (χ2n) is 18.6. The van der Waals surface area contributed by atoms with E-state index in [4.69, 9.17) is 0 Å². The van der Waals surface area contributed by atoms with Gasteiger partial charge in [0.2, 0.25) is 0 Å². The van der Waals surface area contributed by atoms with Crippen LogP contribution in [0.1, 0.15) is 23.6 Å². The van der Waals surface area contributed by atoms with E-state index < -0.39 is 0 Å². The molecule has 0 N–H and O–H groups in total. The maximum atomic E-state index is 2.46. The molecule has 13 rings (SSSR count). The van der Waals surface area contributed by atoms with Gasteiger partial charge in [0, 0.05) is 22.5 Å². The summed E-state index contributed by atoms with van der Waals surface area (Å²) in [4.78, 5) is 2.46. The van der Waals surface area contributed by atoms with E-state index in [-0.39, 0.29) is 5.41 Å². The largest absolute Gasteiger partial charge is 0.310 e. The molecule has 1 aliphatic carbocycles. The van der Waals surface area contributed by atoms with Crippen LogP contribution in [0.2, 0.25) is 0 Å². The smallest absolute Gasteiger partial charge is 0.0468 e. The van der Waals surface area contributed by atoms with Gasteiger partial charge in [-0.05, 0) is 160 Å². The Bertz CT molecular complexity index is 3890. The average molecular weight is 878 g/mol. The summed E-state index contributed by atoms with van der Waals surface area (Å²) in [6, 6.07) is 98.5. The third kappa shape index (κ3) is 6.77. The van der Waals surface area contributed by atoms with Crippen LogP contribution < -0.4 is 4.90 Å². The number of hydrogen-bond acceptors (Lipinski definition) is 1. The molecule has 0 fully saturated rings. The lowest BCUT2D eigenvalue weighted by Crippen LogP contribution is -2.22. The molecule has 0 radical (unpaired) electrons. The van der Waals surface area contributed by atoms with Crippen LogP contribution in [-0.4, -0.2) is 0 Å². The van der Waals surface area contributed by atoms with Crippen molar-refractivity contribution in [1.82, 2.24) is 0 Å². The van der Waals surface area contributed by atoms with Gasteiger partial charge in [-0.25, -0.2) is 0 Å². The van der Waals surface area contributed by atoms with Gasteiger partial charge >= 0.3 is 0 Å². The fourth-order valence-corrected chi connectivity index (χ4v) is 11.3. The van der Waals surface area contributed by atoms with Crippen LogP contribution in [0.5, 0.6) is 0 Å². The van der Waals surface area contributed by atoms with Gasteiger partial charge in [-0.15, -0.1) is 0 Å². The number of hydrogen-bond donors (Lipinski definition) is 0. The normalized spacial score (nSPS) is 13.9. The first-order chi connectivity index (χ1) is 34.1. The second kappa shape index (κ2) is 16.5. The van der Waals surface area contributed by atoms with Crippen molar-refractivity contribution in [2.24, 2.45) is 0 Å². The standard InChI is InChI=1S/C68H47N/c1-68(54-26-12-5-13-27-54)64-32-17-16-30-60(64)61-40-38-57(45-65(61)68)69(56-37-35-51-41-50(33-34-52(51)43-56)46-19-6-2-7-20-46)55-28-18-25-49(42-55)53-36-39-59-58-29-14-15-31-62(58)66(47-21-8-3-9-22-47)67(63(59)44-53)48-23-10-4-11-24-48/h2-45H,1H3. The summed E-state index contributed by atoms with van der Waals surface area (Å²) in [6.45, 7) is 2.40. The molecule has 0 saturated carbocycles. The predicted molar refractivity (Wildman–Crippen MR) is 293 cm³/mol. The zero-order valence-electron chi connectivity index (χ0n) is 38.4. The van der Waals surface area contributed by atoms with E-state index in [0.717, 1.165) is 22.6 Å². The lowest BCUT2D eigenvalue weighted by atomic mass is 9.74. The lowest BCUT2D eigenvalue weighted by Gasteiger charge is -2.31. The van der Waals surface area contributed by atoms with Crippen molar-refractivity contribution < 1.29 is 0 Å². The van der Waals surface area contributed by atoms with Crippen LogP contribution in [-0.2, 0) is 5.41 Å². The highest BCUT2D eigenvalue weighted by Gasteiger charge is 2.41. The second-order valence-corrected chi connectivity index (χ2v) is 18.6. The molecule has 1 atom stereocenters. The van der Waals surface area contributed by atoms with E-state index in [1.807, 2.05) is 0 Å². The van der Waals surface area contributed by atoms with Crippen LogP contribution in [0.15, 0.2) is 267 Å². The molecule has 1 aliphatic rings. The minimum atomic E-state index is -0.335. The van der Waals surface area contributed by atoms with E-state index in [9.17, 15) is 0 Å². The summed E-state index contributed by atoms with van der Waals surface area (Å²) in [5.74, 6) is 0. The van der Waals surface area contributed by atoms with Gasteiger partial charge in [-0.3, -0.25) is 0 Å². The molecular formula is C68H47N. The Hall–Kier alpha value is -8.78. The fourth-order valence-electron chi connectivity index (χ4n) is 11.3. The lowest BCUT2D eigenvalue weighted by molar-refractivity contribution is 0.714. The summed E-state index contributed by atoms with van der Waals surface area (Å²) in [6.07, 6.45) is 0. The first-order valence-electron chi connectivity index (χ1n) is 24.0. The molecule has 69 heavy (non-hydrogen) atoms. The van der Waals surface area contributed by atoms with Crippen molar-refractivity contribution in [1.29, 1.82) is 0 Å². The maximum absolute atomic E-state index is 2.46. The van der Waals surface area contributed by atoms with Crippen molar-refractivity contribution in [3.63, 3.8) is 0 Å². The zero-order valence-corrected chi connectivity index (χ0v) is 38.4. The number of benzene rings is 12. The Morgan fingerprint density at radius 1 is 0.275 bits per heavy atom. The number of rotatable bonds is 8. The SMILES string of the molecule is CC1(c2ccccc2)c2ccccc2-c2ccc(N(c3cccc(-c4ccc5c(c4)c(-c4ccccc4)c(-c4ccccc4)c4ccccc45)c3)c3ccc4cc(-c5ccccc5)ccc4c3)cc21. The average Bonchev–Trinajstić information content (AvgIpc) is 3.69. The Morgan fingerprint density at radius 3 is 1.52 bits per heavy atom. The van der Waals surface area contributed by atoms with E-state index in [1.165, 1.54) is 99.1 Å². The molecule has 1 unspecified atom stereocenters. The highest BCUT2D eigenvalue weighted by atomic mass is 15.1. The van der Waals surface area contributed by atoms with Crippen LogP contribution >= 0.6 is 0 Å². The highest BCUT2D eigenvalue weighted by Crippen LogP contribution is 2.54. The van der Waals surface area contributed by atoms with E-state index in [1.54, 1.807) is 0 Å². The van der Waals surface area contributed by atoms with E-state index in [2.05, 4.69) is 279 Å². The Morgan fingerprint density at radius 2 is 0.768 bits per heavy atom. The molecule has 0 heterocycles. The monoisotopic (exact) mass is 877 g/mol. The van der Waals surface area contributed by atoms with Crippen LogP contribution in [0.25, 0.3) is 88.0 Å². The zero-order chi connectivity index (χ0) is 45.9. The van der Waals surface area contributed by atoms with Gasteiger partial charge in [-0.2, -0.15) is 0 Å². The van der Waals surface area contributed by atoms with Crippen molar-refractivity contribution in [3.8, 4) is 55.6 Å². The van der Waals surface area contributed by atoms with E-state index in [0.29, 0.717) is 0 Å². The maximum Gasteiger partial charge on any atom is 0.0468 e. The third-order valence-corrected chi connectivity index (χ3v) is 14.7. The molecule has 324 valence electrons. The van der Waals surface area contributed by atoms with Crippen molar-refractivity contribution in [2.75, 3.05) is 4.90 Å². The minimum absolute atomic E-state index is 0.335. The van der Waals surface area contributed by atoms with Gasteiger partial charge in [0.25, 0.3) is 0 Å². The van der Waals surface area contributed by atoms with Crippen molar-refractivity contribution >= 4 is 49.4 Å². The van der Waals surface area contributed by atoms with Gasteiger partial charge < -0.3 is 4.90 Å². The first-order valence-corrected chi connectivity index (χ1v) is 24.0. The highest BCUT2D eigenvalue weighted by molar-refractivity contribution is 6.22. The Labute approximate surface area is 403 Å². The molecule has 0 aliphatic heterocycles. The predicted octanol–water partition coefficient (Wildman–Crippen LogP) is 18.6. The van der Waals surface area contributed by atoms with Crippen LogP contribution in [0.3, 0.4) is 0 Å². The van der Waals surface area contributed by atoms with Crippen molar-refractivity contribution in [3.05, 3.63) is 284 Å². The molecule has 12 aromatic carbocycles. The Balaban J connectivity index is 1.01. The van der Waals surface area contributed by atoms with Gasteiger partial charge in [0.15, 0.2) is 0 Å². The first kappa shape index (κ1) is 40.5. The van der Waals surface area contributed by atoms with E-state index >= 15 is 0 Å². The quantitative estimate of drug-likeness (QED) is 0.138. The molecule has 1 nitrogen and oxygen atoms in total. The fraction of sp³-hybridized carbons (Fsp3) is 0.0294. The molecule has 0 amide bonds. The summed E-state index contributed by atoms with van der Waals surface area (Å²) in [5.41, 5.74) is 19.2. The number of fused-ring (bicyclic) bond motifs is 7. The molecule has 1 heteroatoms. The van der Waals surface area contributed by atoms with Gasteiger partial charge in [0.05, 0.1) is 0 Å². The van der Waals surface area contributed by atoms with Crippen LogP contribution in [0, 0.1) is 0 Å². The molecule has 0 bridgehead atoms. The molecule has 0 saturated heterocycles. The Kier molecular flexibility index (Phi) is 9.70. The number of anilines is 3. The van der Waals surface area contributed by atoms with Gasteiger partial charge in [0.1, 0.15) is 0 Å². The molecule has 0 spiro atoms. The third-order valence-electron chi connectivity index (χ3n) is 14.7. The molecule has 12 aromatic rings. The molecular weight excluding hydrogens is 831 g/mol.